The Balaban J connectivity index is 2.59. The Morgan fingerprint density at radius 2 is 1.81 bits per heavy atom. The van der Waals surface area contributed by atoms with Crippen LogP contribution in [0, 0.1) is 17.5 Å². The first-order valence-electron chi connectivity index (χ1n) is 6.27. The largest absolute Gasteiger partial charge is 0.306 e. The maximum atomic E-state index is 14.1. The Labute approximate surface area is 134 Å². The first kappa shape index (κ1) is 16.3. The third kappa shape index (κ3) is 3.42. The molecule has 1 unspecified atom stereocenters. The predicted molar refractivity (Wildman–Crippen MR) is 81.0 cm³/mol. The van der Waals surface area contributed by atoms with Crippen LogP contribution in [0.15, 0.2) is 34.8 Å². The van der Waals surface area contributed by atoms with Crippen molar-refractivity contribution in [1.29, 1.82) is 0 Å². The molecule has 2 aromatic rings. The highest BCUT2D eigenvalue weighted by molar-refractivity contribution is 9.10. The molecule has 2 aromatic carbocycles. The van der Waals surface area contributed by atoms with Gasteiger partial charge in [0.2, 0.25) is 0 Å². The fourth-order valence-corrected chi connectivity index (χ4v) is 2.64. The van der Waals surface area contributed by atoms with Gasteiger partial charge in [0.25, 0.3) is 0 Å². The second kappa shape index (κ2) is 6.81. The molecule has 0 aliphatic rings. The zero-order valence-corrected chi connectivity index (χ0v) is 13.4. The van der Waals surface area contributed by atoms with Crippen LogP contribution in [0.2, 0.25) is 5.02 Å². The summed E-state index contributed by atoms with van der Waals surface area (Å²) < 4.78 is 41.5. The van der Waals surface area contributed by atoms with Gasteiger partial charge in [0.15, 0.2) is 0 Å². The predicted octanol–water partition coefficient (Wildman–Crippen LogP) is 5.22. The smallest absolute Gasteiger partial charge is 0.142 e. The highest BCUT2D eigenvalue weighted by Crippen LogP contribution is 2.33. The molecule has 0 amide bonds. The molecule has 0 saturated heterocycles. The molecule has 0 aliphatic heterocycles. The molecule has 0 heterocycles. The van der Waals surface area contributed by atoms with Crippen LogP contribution in [0.3, 0.4) is 0 Å². The zero-order chi connectivity index (χ0) is 15.6. The molecular formula is C15H12BrClF3N. The minimum Gasteiger partial charge on any atom is -0.306 e. The zero-order valence-electron chi connectivity index (χ0n) is 11.1. The van der Waals surface area contributed by atoms with Gasteiger partial charge < -0.3 is 5.32 Å². The number of hydrogen-bond donors (Lipinski definition) is 1. The summed E-state index contributed by atoms with van der Waals surface area (Å²) in [6, 6.07) is 5.66. The Morgan fingerprint density at radius 1 is 1.10 bits per heavy atom. The average Bonchev–Trinajstić information content (AvgIpc) is 2.44. The molecule has 1 nitrogen and oxygen atoms in total. The summed E-state index contributed by atoms with van der Waals surface area (Å²) in [5.74, 6) is -1.80. The van der Waals surface area contributed by atoms with Crippen molar-refractivity contribution in [3.8, 4) is 0 Å². The number of benzene rings is 2. The second-order valence-electron chi connectivity index (χ2n) is 4.42. The normalized spacial score (nSPS) is 12.5. The van der Waals surface area contributed by atoms with E-state index in [4.69, 9.17) is 11.6 Å². The van der Waals surface area contributed by atoms with Gasteiger partial charge in [-0.15, -0.1) is 0 Å². The number of halogens is 5. The van der Waals surface area contributed by atoms with Gasteiger partial charge in [-0.2, -0.15) is 0 Å². The van der Waals surface area contributed by atoms with Crippen molar-refractivity contribution in [3.05, 3.63) is 68.4 Å². The van der Waals surface area contributed by atoms with Gasteiger partial charge in [-0.05, 0) is 46.2 Å². The maximum absolute atomic E-state index is 14.1. The maximum Gasteiger partial charge on any atom is 0.142 e. The molecule has 0 aromatic heterocycles. The minimum atomic E-state index is -0.735. The molecule has 0 radical (unpaired) electrons. The van der Waals surface area contributed by atoms with Gasteiger partial charge in [-0.1, -0.05) is 30.7 Å². The summed E-state index contributed by atoms with van der Waals surface area (Å²) in [7, 11) is 0. The third-order valence-corrected chi connectivity index (χ3v) is 4.06. The summed E-state index contributed by atoms with van der Waals surface area (Å²) in [4.78, 5) is 0. The van der Waals surface area contributed by atoms with Crippen LogP contribution in [0.5, 0.6) is 0 Å². The lowest BCUT2D eigenvalue weighted by atomic mass is 9.97. The second-order valence-corrected chi connectivity index (χ2v) is 5.65. The third-order valence-electron chi connectivity index (χ3n) is 3.05. The summed E-state index contributed by atoms with van der Waals surface area (Å²) in [6.07, 6.45) is 0. The van der Waals surface area contributed by atoms with Crippen LogP contribution in [-0.4, -0.2) is 6.54 Å². The molecule has 112 valence electrons. The summed E-state index contributed by atoms with van der Waals surface area (Å²) >= 11 is 8.89. The highest BCUT2D eigenvalue weighted by Gasteiger charge is 2.22. The Bertz CT molecular complexity index is 664. The van der Waals surface area contributed by atoms with E-state index in [1.54, 1.807) is 6.07 Å². The standard InChI is InChI=1S/C15H12BrClF3N/c1-2-21-15(8-4-3-5-11(18)14(8)17)9-6-13(20)10(16)7-12(9)19/h3-7,15,21H,2H2,1H3. The average molecular weight is 379 g/mol. The van der Waals surface area contributed by atoms with Crippen LogP contribution in [0.1, 0.15) is 24.1 Å². The molecule has 2 rings (SSSR count). The lowest BCUT2D eigenvalue weighted by molar-refractivity contribution is 0.539. The van der Waals surface area contributed by atoms with E-state index in [2.05, 4.69) is 21.2 Å². The highest BCUT2D eigenvalue weighted by atomic mass is 79.9. The number of rotatable bonds is 4. The lowest BCUT2D eigenvalue weighted by Gasteiger charge is -2.21. The van der Waals surface area contributed by atoms with E-state index < -0.39 is 23.5 Å². The van der Waals surface area contributed by atoms with E-state index in [1.807, 2.05) is 6.92 Å². The van der Waals surface area contributed by atoms with Crippen LogP contribution in [0.25, 0.3) is 0 Å². The molecule has 0 saturated carbocycles. The van der Waals surface area contributed by atoms with Crippen LogP contribution >= 0.6 is 27.5 Å². The fraction of sp³-hybridized carbons (Fsp3) is 0.200. The van der Waals surface area contributed by atoms with Gasteiger partial charge >= 0.3 is 0 Å². The van der Waals surface area contributed by atoms with Crippen LogP contribution in [-0.2, 0) is 0 Å². The number of nitrogens with one attached hydrogen (secondary N) is 1. The van der Waals surface area contributed by atoms with E-state index in [-0.39, 0.29) is 15.1 Å². The SMILES string of the molecule is CCNC(c1cc(F)c(Br)cc1F)c1cccc(F)c1Cl. The van der Waals surface area contributed by atoms with E-state index >= 15 is 0 Å². The summed E-state index contributed by atoms with van der Waals surface area (Å²) in [5.41, 5.74) is 0.434. The molecule has 1 N–H and O–H groups in total. The van der Waals surface area contributed by atoms with Crippen molar-refractivity contribution in [3.63, 3.8) is 0 Å². The van der Waals surface area contributed by atoms with E-state index in [9.17, 15) is 13.2 Å². The first-order chi connectivity index (χ1) is 9.95. The molecule has 0 aliphatic carbocycles. The van der Waals surface area contributed by atoms with E-state index in [1.165, 1.54) is 12.1 Å². The van der Waals surface area contributed by atoms with Gasteiger partial charge in [0.05, 0.1) is 15.5 Å². The van der Waals surface area contributed by atoms with Crippen molar-refractivity contribution in [2.75, 3.05) is 6.54 Å². The van der Waals surface area contributed by atoms with Crippen molar-refractivity contribution < 1.29 is 13.2 Å². The van der Waals surface area contributed by atoms with Crippen LogP contribution < -0.4 is 5.32 Å². The van der Waals surface area contributed by atoms with E-state index in [0.717, 1.165) is 12.1 Å². The summed E-state index contributed by atoms with van der Waals surface area (Å²) in [6.45, 7) is 2.29. The van der Waals surface area contributed by atoms with Crippen molar-refractivity contribution in [2.45, 2.75) is 13.0 Å². The Morgan fingerprint density at radius 3 is 2.48 bits per heavy atom. The molecule has 21 heavy (non-hydrogen) atoms. The van der Waals surface area contributed by atoms with Crippen molar-refractivity contribution >= 4 is 27.5 Å². The van der Waals surface area contributed by atoms with Gasteiger partial charge in [-0.3, -0.25) is 0 Å². The first-order valence-corrected chi connectivity index (χ1v) is 7.44. The quantitative estimate of drug-likeness (QED) is 0.719. The van der Waals surface area contributed by atoms with Crippen molar-refractivity contribution in [2.24, 2.45) is 0 Å². The van der Waals surface area contributed by atoms with Crippen LogP contribution in [0.4, 0.5) is 13.2 Å². The molecule has 0 fully saturated rings. The minimum absolute atomic E-state index is 0.0318. The lowest BCUT2D eigenvalue weighted by Crippen LogP contribution is -2.23. The monoisotopic (exact) mass is 377 g/mol. The Kier molecular flexibility index (Phi) is 5.30. The van der Waals surface area contributed by atoms with Crippen molar-refractivity contribution in [1.82, 2.24) is 5.32 Å². The van der Waals surface area contributed by atoms with Gasteiger partial charge in [0, 0.05) is 5.56 Å². The van der Waals surface area contributed by atoms with Gasteiger partial charge in [-0.25, -0.2) is 13.2 Å². The molecule has 1 atom stereocenters. The molecule has 6 heteroatoms. The van der Waals surface area contributed by atoms with Gasteiger partial charge in [0.1, 0.15) is 17.5 Å². The molecule has 0 spiro atoms. The van der Waals surface area contributed by atoms with E-state index in [0.29, 0.717) is 12.1 Å². The number of hydrogen-bond acceptors (Lipinski definition) is 1. The fourth-order valence-electron chi connectivity index (χ4n) is 2.09. The Hall–Kier alpha value is -1.04. The molecule has 0 bridgehead atoms. The molecular weight excluding hydrogens is 367 g/mol. The topological polar surface area (TPSA) is 12.0 Å². The summed E-state index contributed by atoms with van der Waals surface area (Å²) in [5, 5.41) is 2.89.